The summed E-state index contributed by atoms with van der Waals surface area (Å²) in [5.74, 6) is 0.407. The van der Waals surface area contributed by atoms with E-state index < -0.39 is 15.9 Å². The summed E-state index contributed by atoms with van der Waals surface area (Å²) in [4.78, 5) is 16.1. The quantitative estimate of drug-likeness (QED) is 0.740. The van der Waals surface area contributed by atoms with Gasteiger partial charge in [0.2, 0.25) is 15.9 Å². The fraction of sp³-hybridized carbons (Fsp3) is 0.294. The molecule has 0 atom stereocenters. The number of pyridine rings is 1. The lowest BCUT2D eigenvalue weighted by Crippen LogP contribution is -2.40. The van der Waals surface area contributed by atoms with E-state index in [1.165, 1.54) is 20.3 Å². The number of methoxy groups -OCH3 is 2. The largest absolute Gasteiger partial charge is 0.493 e. The Morgan fingerprint density at radius 2 is 1.77 bits per heavy atom. The van der Waals surface area contributed by atoms with Gasteiger partial charge in [-0.05, 0) is 29.8 Å². The van der Waals surface area contributed by atoms with Gasteiger partial charge < -0.3 is 14.8 Å². The molecule has 1 heterocycles. The second-order valence-corrected chi connectivity index (χ2v) is 7.35. The number of amides is 1. The predicted octanol–water partition coefficient (Wildman–Crippen LogP) is 1.18. The number of hydrogen-bond donors (Lipinski definition) is 1. The van der Waals surface area contributed by atoms with Crippen LogP contribution < -0.4 is 19.1 Å². The Balaban J connectivity index is 2.16. The molecule has 1 aromatic heterocycles. The highest BCUT2D eigenvalue weighted by Crippen LogP contribution is 2.32. The molecule has 2 aromatic rings. The molecule has 0 spiro atoms. The molecule has 8 nitrogen and oxygen atoms in total. The van der Waals surface area contributed by atoms with Gasteiger partial charge in [-0.15, -0.1) is 0 Å². The van der Waals surface area contributed by atoms with E-state index in [-0.39, 0.29) is 13.1 Å². The lowest BCUT2D eigenvalue weighted by Gasteiger charge is -2.23. The van der Waals surface area contributed by atoms with Crippen molar-refractivity contribution in [2.45, 2.75) is 6.54 Å². The van der Waals surface area contributed by atoms with E-state index in [1.807, 2.05) is 0 Å². The van der Waals surface area contributed by atoms with Crippen molar-refractivity contribution < 1.29 is 22.7 Å². The topological polar surface area (TPSA) is 97.8 Å². The van der Waals surface area contributed by atoms with Crippen LogP contribution in [-0.2, 0) is 21.4 Å². The Labute approximate surface area is 152 Å². The first-order chi connectivity index (χ1) is 12.3. The second kappa shape index (κ2) is 8.52. The van der Waals surface area contributed by atoms with E-state index in [4.69, 9.17) is 9.47 Å². The number of rotatable bonds is 8. The van der Waals surface area contributed by atoms with Crippen molar-refractivity contribution in [2.75, 3.05) is 31.3 Å². The highest BCUT2D eigenvalue weighted by Gasteiger charge is 2.22. The maximum Gasteiger partial charge on any atom is 0.241 e. The SMILES string of the molecule is COc1ccc(N(CC(=O)NCc2ccncc2)S(C)(=O)=O)cc1OC. The van der Waals surface area contributed by atoms with Crippen LogP contribution in [0.5, 0.6) is 11.5 Å². The van der Waals surface area contributed by atoms with Gasteiger partial charge in [0.15, 0.2) is 11.5 Å². The van der Waals surface area contributed by atoms with Crippen LogP contribution in [0.25, 0.3) is 0 Å². The molecule has 0 saturated heterocycles. The van der Waals surface area contributed by atoms with Gasteiger partial charge in [-0.25, -0.2) is 8.42 Å². The number of ether oxygens (including phenoxy) is 2. The smallest absolute Gasteiger partial charge is 0.241 e. The van der Waals surface area contributed by atoms with Gasteiger partial charge in [-0.3, -0.25) is 14.1 Å². The van der Waals surface area contributed by atoms with Gasteiger partial charge in [0.05, 0.1) is 26.2 Å². The number of hydrogen-bond acceptors (Lipinski definition) is 6. The Morgan fingerprint density at radius 3 is 2.35 bits per heavy atom. The van der Waals surface area contributed by atoms with Crippen LogP contribution in [0.15, 0.2) is 42.7 Å². The minimum Gasteiger partial charge on any atom is -0.493 e. The van der Waals surface area contributed by atoms with Gasteiger partial charge in [0.25, 0.3) is 0 Å². The second-order valence-electron chi connectivity index (χ2n) is 5.44. The molecular weight excluding hydrogens is 358 g/mol. The highest BCUT2D eigenvalue weighted by molar-refractivity contribution is 7.92. The number of aromatic nitrogens is 1. The fourth-order valence-electron chi connectivity index (χ4n) is 2.27. The molecule has 0 aliphatic rings. The Hall–Kier alpha value is -2.81. The maximum atomic E-state index is 12.2. The minimum atomic E-state index is -3.67. The standard InChI is InChI=1S/C17H21N3O5S/c1-24-15-5-4-14(10-16(15)25-2)20(26(3,22)23)12-17(21)19-11-13-6-8-18-9-7-13/h4-10H,11-12H2,1-3H3,(H,19,21). The molecule has 2 rings (SSSR count). The molecule has 1 amide bonds. The van der Waals surface area contributed by atoms with Crippen molar-refractivity contribution in [3.63, 3.8) is 0 Å². The monoisotopic (exact) mass is 379 g/mol. The molecule has 1 N–H and O–H groups in total. The fourth-order valence-corrected chi connectivity index (χ4v) is 3.12. The van der Waals surface area contributed by atoms with Crippen LogP contribution in [0, 0.1) is 0 Å². The number of sulfonamides is 1. The molecule has 0 unspecified atom stereocenters. The first-order valence-corrected chi connectivity index (χ1v) is 9.55. The van der Waals surface area contributed by atoms with Gasteiger partial charge in [-0.1, -0.05) is 0 Å². The average Bonchev–Trinajstić information content (AvgIpc) is 2.63. The van der Waals surface area contributed by atoms with E-state index >= 15 is 0 Å². The first kappa shape index (κ1) is 19.5. The molecule has 0 radical (unpaired) electrons. The summed E-state index contributed by atoms with van der Waals surface area (Å²) in [6.45, 7) is -0.0652. The van der Waals surface area contributed by atoms with Crippen LogP contribution in [0.2, 0.25) is 0 Å². The van der Waals surface area contributed by atoms with Crippen molar-refractivity contribution >= 4 is 21.6 Å². The molecule has 0 fully saturated rings. The molecule has 0 bridgehead atoms. The van der Waals surface area contributed by atoms with E-state index in [1.54, 1.807) is 36.7 Å². The van der Waals surface area contributed by atoms with Crippen molar-refractivity contribution in [2.24, 2.45) is 0 Å². The minimum absolute atomic E-state index is 0.283. The van der Waals surface area contributed by atoms with Gasteiger partial charge in [0, 0.05) is 25.0 Å². The highest BCUT2D eigenvalue weighted by atomic mass is 32.2. The molecule has 26 heavy (non-hydrogen) atoms. The van der Waals surface area contributed by atoms with Crippen LogP contribution in [-0.4, -0.2) is 46.3 Å². The Morgan fingerprint density at radius 1 is 1.12 bits per heavy atom. The lowest BCUT2D eigenvalue weighted by molar-refractivity contribution is -0.119. The number of nitrogens with one attached hydrogen (secondary N) is 1. The zero-order valence-electron chi connectivity index (χ0n) is 14.8. The maximum absolute atomic E-state index is 12.2. The average molecular weight is 379 g/mol. The molecule has 0 aliphatic heterocycles. The zero-order chi connectivity index (χ0) is 19.2. The van der Waals surface area contributed by atoms with E-state index in [2.05, 4.69) is 10.3 Å². The molecule has 1 aromatic carbocycles. The number of nitrogens with zero attached hydrogens (tertiary/aromatic N) is 2. The van der Waals surface area contributed by atoms with Crippen LogP contribution in [0.3, 0.4) is 0 Å². The van der Waals surface area contributed by atoms with Crippen molar-refractivity contribution in [1.82, 2.24) is 10.3 Å². The van der Waals surface area contributed by atoms with Gasteiger partial charge in [0.1, 0.15) is 6.54 Å². The Bertz CT molecular complexity index is 856. The van der Waals surface area contributed by atoms with E-state index in [9.17, 15) is 13.2 Å². The van der Waals surface area contributed by atoms with Gasteiger partial charge >= 0.3 is 0 Å². The van der Waals surface area contributed by atoms with E-state index in [0.717, 1.165) is 16.1 Å². The number of anilines is 1. The summed E-state index contributed by atoms with van der Waals surface area (Å²) >= 11 is 0. The van der Waals surface area contributed by atoms with Crippen molar-refractivity contribution in [3.05, 3.63) is 48.3 Å². The van der Waals surface area contributed by atoms with Crippen molar-refractivity contribution in [1.29, 1.82) is 0 Å². The number of carbonyl (C=O) groups is 1. The summed E-state index contributed by atoms with van der Waals surface area (Å²) in [7, 11) is -0.738. The third kappa shape index (κ3) is 5.09. The predicted molar refractivity (Wildman–Crippen MR) is 97.8 cm³/mol. The summed E-state index contributed by atoms with van der Waals surface area (Å²) in [6.07, 6.45) is 4.28. The first-order valence-electron chi connectivity index (χ1n) is 7.70. The number of benzene rings is 1. The third-order valence-electron chi connectivity index (χ3n) is 3.58. The zero-order valence-corrected chi connectivity index (χ0v) is 15.6. The summed E-state index contributed by atoms with van der Waals surface area (Å²) in [5.41, 5.74) is 1.18. The van der Waals surface area contributed by atoms with Crippen LogP contribution in [0.1, 0.15) is 5.56 Å². The van der Waals surface area contributed by atoms with Crippen molar-refractivity contribution in [3.8, 4) is 11.5 Å². The van der Waals surface area contributed by atoms with E-state index in [0.29, 0.717) is 17.2 Å². The molecular formula is C17H21N3O5S. The van der Waals surface area contributed by atoms with Crippen LogP contribution in [0.4, 0.5) is 5.69 Å². The summed E-state index contributed by atoms with van der Waals surface area (Å²) < 4.78 is 35.7. The Kier molecular flexibility index (Phi) is 6.40. The lowest BCUT2D eigenvalue weighted by atomic mass is 10.2. The summed E-state index contributed by atoms with van der Waals surface area (Å²) in [5, 5.41) is 2.69. The summed E-state index contributed by atoms with van der Waals surface area (Å²) in [6, 6.07) is 8.18. The van der Waals surface area contributed by atoms with Crippen LogP contribution >= 0.6 is 0 Å². The number of carbonyl (C=O) groups excluding carboxylic acids is 1. The van der Waals surface area contributed by atoms with Gasteiger partial charge in [-0.2, -0.15) is 0 Å². The molecule has 0 aliphatic carbocycles. The molecule has 0 saturated carbocycles. The molecule has 140 valence electrons. The molecule has 9 heteroatoms. The third-order valence-corrected chi connectivity index (χ3v) is 4.72. The normalized spacial score (nSPS) is 10.9.